The van der Waals surface area contributed by atoms with Crippen LogP contribution in [0.5, 0.6) is 0 Å². The Morgan fingerprint density at radius 2 is 0.922 bits per heavy atom. The van der Waals surface area contributed by atoms with Crippen molar-refractivity contribution in [1.29, 1.82) is 0 Å². The first-order valence-electron chi connectivity index (χ1n) is 32.2. The van der Waals surface area contributed by atoms with E-state index in [2.05, 4.69) is 10.6 Å². The number of methoxy groups -OCH3 is 2. The summed E-state index contributed by atoms with van der Waals surface area (Å²) in [5.74, 6) is -0.862. The summed E-state index contributed by atoms with van der Waals surface area (Å²) in [5.41, 5.74) is 13.4. The fourth-order valence-corrected chi connectivity index (χ4v) is 13.1. The third kappa shape index (κ3) is 28.8. The second kappa shape index (κ2) is 40.1. The molecule has 23 nitrogen and oxygen atoms in total. The molecule has 0 radical (unpaired) electrons. The molecule has 1 aromatic heterocycles. The van der Waals surface area contributed by atoms with Crippen molar-refractivity contribution in [2.75, 3.05) is 70.3 Å². The van der Waals surface area contributed by atoms with Gasteiger partial charge in [0.2, 0.25) is 0 Å². The van der Waals surface area contributed by atoms with Crippen LogP contribution in [0.1, 0.15) is 143 Å². The summed E-state index contributed by atoms with van der Waals surface area (Å²) in [6, 6.07) is 33.1. The molecule has 0 fully saturated rings. The second-order valence-electron chi connectivity index (χ2n) is 24.8. The van der Waals surface area contributed by atoms with Gasteiger partial charge in [-0.1, -0.05) is 93.9 Å². The van der Waals surface area contributed by atoms with Crippen LogP contribution >= 0.6 is 11.6 Å². The minimum Gasteiger partial charge on any atom is -0.478 e. The Hall–Kier alpha value is -7.56. The van der Waals surface area contributed by atoms with Gasteiger partial charge in [0, 0.05) is 42.3 Å². The van der Waals surface area contributed by atoms with E-state index in [0.29, 0.717) is 38.6 Å². The lowest BCUT2D eigenvalue weighted by molar-refractivity contribution is -0.138. The number of sulfone groups is 4. The number of carbonyl (C=O) groups is 3. The van der Waals surface area contributed by atoms with Crippen LogP contribution in [0, 0.1) is 0 Å². The number of aromatic carboxylic acids is 1. The van der Waals surface area contributed by atoms with Crippen molar-refractivity contribution >= 4 is 80.0 Å². The number of benzene rings is 6. The van der Waals surface area contributed by atoms with Gasteiger partial charge in [-0.15, -0.1) is 0 Å². The number of aryl methyl sites for hydroxylation is 1. The molecule has 0 saturated heterocycles. The highest BCUT2D eigenvalue weighted by Crippen LogP contribution is 2.36. The number of fused-ring (bicyclic) bond motifs is 1. The average molecular weight is 1550 g/mol. The summed E-state index contributed by atoms with van der Waals surface area (Å²) in [4.78, 5) is 35.9. The first-order chi connectivity index (χ1) is 47.9. The van der Waals surface area contributed by atoms with E-state index in [4.69, 9.17) is 52.2 Å². The number of nitrogens with two attached hydrogens (primary N) is 2. The van der Waals surface area contributed by atoms with Crippen molar-refractivity contribution in [2.24, 2.45) is 11.5 Å². The van der Waals surface area contributed by atoms with Crippen molar-refractivity contribution in [3.63, 3.8) is 0 Å². The van der Waals surface area contributed by atoms with Gasteiger partial charge < -0.3 is 60.9 Å². The minimum absolute atomic E-state index is 0.00766. The summed E-state index contributed by atoms with van der Waals surface area (Å²) < 4.78 is 168. The lowest BCUT2D eigenvalue weighted by Crippen LogP contribution is -2.36. The number of rotatable bonds is 25. The molecule has 7 aromatic rings. The van der Waals surface area contributed by atoms with Crippen LogP contribution in [0.4, 0.5) is 27.2 Å². The molecule has 0 aliphatic carbocycles. The van der Waals surface area contributed by atoms with E-state index in [0.717, 1.165) is 22.8 Å². The zero-order chi connectivity index (χ0) is 78.1. The Morgan fingerprint density at radius 1 is 0.534 bits per heavy atom. The van der Waals surface area contributed by atoms with E-state index in [1.807, 2.05) is 0 Å². The number of alkyl carbamates (subject to hydrolysis) is 2. The molecular formula is C71H94ClF4N5O18S4. The van der Waals surface area contributed by atoms with E-state index in [1.54, 1.807) is 148 Å². The number of aliphatic hydroxyl groups is 2. The van der Waals surface area contributed by atoms with E-state index >= 15 is 0 Å². The molecule has 103 heavy (non-hydrogen) atoms. The number of ether oxygens (including phenoxy) is 4. The van der Waals surface area contributed by atoms with Crippen LogP contribution in [-0.4, -0.2) is 153 Å². The number of aliphatic hydroxyl groups excluding tert-OH is 2. The van der Waals surface area contributed by atoms with Crippen LogP contribution in [-0.2, 0) is 77.4 Å². The number of carbonyl (C=O) groups excluding carboxylic acids is 2. The molecule has 1 heterocycles. The van der Waals surface area contributed by atoms with Crippen LogP contribution in [0.3, 0.4) is 0 Å². The van der Waals surface area contributed by atoms with Crippen molar-refractivity contribution < 1.29 is 99.9 Å². The van der Waals surface area contributed by atoms with E-state index < -0.39 is 105 Å². The Morgan fingerprint density at radius 3 is 1.27 bits per heavy atom. The lowest BCUT2D eigenvalue weighted by atomic mass is 10.0. The molecule has 0 saturated carbocycles. The van der Waals surface area contributed by atoms with Crippen LogP contribution < -0.4 is 22.1 Å². The molecule has 0 aliphatic rings. The molecule has 32 heteroatoms. The Bertz CT molecular complexity index is 4350. The number of halogens is 5. The van der Waals surface area contributed by atoms with Gasteiger partial charge in [-0.2, -0.15) is 13.2 Å². The molecule has 0 unspecified atom stereocenters. The van der Waals surface area contributed by atoms with Crippen LogP contribution in [0.15, 0.2) is 159 Å². The normalized spacial score (nSPS) is 13.1. The number of aromatic nitrogens is 1. The quantitative estimate of drug-likeness (QED) is 0.0261. The lowest BCUT2D eigenvalue weighted by Gasteiger charge is -2.23. The van der Waals surface area contributed by atoms with Crippen molar-refractivity contribution in [3.05, 3.63) is 189 Å². The molecule has 7 rings (SSSR count). The predicted octanol–water partition coefficient (Wildman–Crippen LogP) is 11.9. The summed E-state index contributed by atoms with van der Waals surface area (Å²) >= 11 is 5.71. The predicted molar refractivity (Wildman–Crippen MR) is 387 cm³/mol. The summed E-state index contributed by atoms with van der Waals surface area (Å²) in [5, 5.41) is 33.1. The number of alkyl halides is 4. The fourth-order valence-electron chi connectivity index (χ4n) is 9.35. The maximum absolute atomic E-state index is 13.3. The second-order valence-corrected chi connectivity index (χ2v) is 34.4. The highest BCUT2D eigenvalue weighted by molar-refractivity contribution is 7.92. The number of carboxylic acids is 1. The first kappa shape index (κ1) is 89.7. The number of nitrogens with zero attached hydrogens (tertiary/aromatic N) is 1. The largest absolute Gasteiger partial charge is 0.478 e. The molecular weight excluding hydrogens is 1450 g/mol. The van der Waals surface area contributed by atoms with Crippen LogP contribution in [0.2, 0.25) is 5.02 Å². The average Bonchev–Trinajstić information content (AvgIpc) is 1.31. The Kier molecular flexibility index (Phi) is 34.9. The molecule has 2 amide bonds. The molecule has 0 bridgehead atoms. The van der Waals surface area contributed by atoms with E-state index in [-0.39, 0.29) is 87.8 Å². The molecule has 0 spiro atoms. The van der Waals surface area contributed by atoms with Gasteiger partial charge in [0.1, 0.15) is 17.9 Å². The summed E-state index contributed by atoms with van der Waals surface area (Å²) in [7, 11) is -9.68. The molecule has 9 N–H and O–H groups in total. The van der Waals surface area contributed by atoms with Gasteiger partial charge in [-0.3, -0.25) is 0 Å². The summed E-state index contributed by atoms with van der Waals surface area (Å²) in [6.07, 6.45) is -5.86. The van der Waals surface area contributed by atoms with Gasteiger partial charge >= 0.3 is 24.3 Å². The molecule has 6 aromatic carbocycles. The minimum atomic E-state index is -4.58. The zero-order valence-electron chi connectivity index (χ0n) is 59.5. The topological polar surface area (TPSA) is 366 Å². The third-order valence-corrected chi connectivity index (χ3v) is 22.1. The first-order valence-corrected chi connectivity index (χ1v) is 39.2. The highest BCUT2D eigenvalue weighted by Gasteiger charge is 2.34. The number of carboxylic acid groups (broad SMARTS) is 1. The van der Waals surface area contributed by atoms with Gasteiger partial charge in [0.05, 0.1) is 111 Å². The number of nitrogens with one attached hydrogen (secondary N) is 2. The van der Waals surface area contributed by atoms with Crippen LogP contribution in [0.25, 0.3) is 10.9 Å². The summed E-state index contributed by atoms with van der Waals surface area (Å²) in [6.45, 7) is 16.4. The standard InChI is InChI=1S/C19H14ClF4NO2.C16H25NO5S.C15H23NO5S.C11H17NO3S.C10H15NO3S/c20-14-3-1-11(16(10-14)19(22,23)24)8-15-9-13-7-12(18(26)27)2-4-17(13)25(15)6-5-21;1-6-23(19,20)13-9-7-12(8-10-13)14(11-21-5)17-15(18)22-16(2,3)4;1-5-22(19,20)12-8-6-11(7-9-12)13(10-17)16-14(18)21-15(2,3)4;1-3-16(13,14)10-6-4-9(5-7-10)11(12)8-15-2;1-2-15(13,14)9-5-3-8(4-6-9)10(11)7-12/h1-4,7,9-10H,5-6,8H2,(H,26,27);7-10,14H,6,11H2,1-5H3,(H,17,18);6-9,13,17H,5,10H2,1-4H3,(H,16,18);4-7,11H,3,8,12H2,1-2H3;3-6,10,12H,2,7,11H2,1H3/t;14-;13-;11-;10-/m.0000/s1. The third-order valence-electron chi connectivity index (χ3n) is 14.9. The van der Waals surface area contributed by atoms with Crippen molar-refractivity contribution in [2.45, 2.75) is 143 Å². The molecule has 0 aliphatic heterocycles. The molecule has 570 valence electrons. The number of amides is 2. The zero-order valence-corrected chi connectivity index (χ0v) is 63.5. The van der Waals surface area contributed by atoms with Crippen molar-refractivity contribution in [3.8, 4) is 0 Å². The maximum Gasteiger partial charge on any atom is 0.416 e. The SMILES string of the molecule is CCS(=O)(=O)c1ccc([C@@H](N)CO)cc1.CCS(=O)(=O)c1ccc([C@@H](N)COC)cc1.CCS(=O)(=O)c1ccc([C@H](CO)NC(=O)OC(C)(C)C)cc1.CCS(=O)(=O)c1ccc([C@H](COC)NC(=O)OC(C)(C)C)cc1.O=C(O)c1ccc2c(c1)cc(Cc1ccc(Cl)cc1C(F)(F)F)n2CCF. The Balaban J connectivity index is 0.000000340. The molecule has 4 atom stereocenters. The van der Waals surface area contributed by atoms with E-state index in [1.165, 1.54) is 73.8 Å². The maximum atomic E-state index is 13.3. The van der Waals surface area contributed by atoms with Gasteiger partial charge in [0.25, 0.3) is 0 Å². The van der Waals surface area contributed by atoms with Gasteiger partial charge in [-0.05, 0) is 154 Å². The van der Waals surface area contributed by atoms with E-state index in [9.17, 15) is 70.7 Å². The van der Waals surface area contributed by atoms with Gasteiger partial charge in [0.15, 0.2) is 39.3 Å². The fraction of sp³-hybridized carbons (Fsp3) is 0.423. The monoisotopic (exact) mass is 1540 g/mol. The van der Waals surface area contributed by atoms with Crippen molar-refractivity contribution in [1.82, 2.24) is 15.2 Å². The highest BCUT2D eigenvalue weighted by atomic mass is 35.5. The van der Waals surface area contributed by atoms with Gasteiger partial charge in [-0.25, -0.2) is 52.4 Å². The smallest absolute Gasteiger partial charge is 0.416 e. The number of hydrogen-bond donors (Lipinski definition) is 7. The number of hydrogen-bond acceptors (Lipinski definition) is 19. The Labute approximate surface area is 605 Å².